The van der Waals surface area contributed by atoms with Gasteiger partial charge in [0.2, 0.25) is 0 Å². The van der Waals surface area contributed by atoms with Gasteiger partial charge in [0.05, 0.1) is 5.54 Å². The minimum atomic E-state index is -0.329. The molecule has 1 saturated heterocycles. The predicted octanol–water partition coefficient (Wildman–Crippen LogP) is 4.29. The molecule has 1 atom stereocenters. The molecule has 6 nitrogen and oxygen atoms in total. The summed E-state index contributed by atoms with van der Waals surface area (Å²) in [6.07, 6.45) is 0.872. The summed E-state index contributed by atoms with van der Waals surface area (Å²) in [5.41, 5.74) is 1.58. The van der Waals surface area contributed by atoms with Crippen molar-refractivity contribution in [2.24, 2.45) is 0 Å². The van der Waals surface area contributed by atoms with Crippen LogP contribution in [0.5, 0.6) is 0 Å². The van der Waals surface area contributed by atoms with Crippen molar-refractivity contribution in [1.29, 1.82) is 0 Å². The minimum Gasteiger partial charge on any atom is -0.369 e. The Balaban J connectivity index is 0.00000272. The number of halogens is 2. The third-order valence-electron chi connectivity index (χ3n) is 6.18. The first-order valence-electron chi connectivity index (χ1n) is 10.6. The molecule has 0 aliphatic carbocycles. The lowest BCUT2D eigenvalue weighted by Gasteiger charge is -2.40. The van der Waals surface area contributed by atoms with E-state index in [1.54, 1.807) is 6.07 Å². The molecule has 0 radical (unpaired) electrons. The molecule has 8 heteroatoms. The third kappa shape index (κ3) is 4.72. The second-order valence-electron chi connectivity index (χ2n) is 8.40. The van der Waals surface area contributed by atoms with Crippen LogP contribution in [0.3, 0.4) is 0 Å². The summed E-state index contributed by atoms with van der Waals surface area (Å²) < 4.78 is 16.8. The van der Waals surface area contributed by atoms with E-state index in [0.29, 0.717) is 11.4 Å². The number of hydrogen-bond donors (Lipinski definition) is 0. The number of hydrogen-bond acceptors (Lipinski definition) is 5. The molecule has 4 rings (SSSR count). The van der Waals surface area contributed by atoms with E-state index in [1.165, 1.54) is 11.8 Å². The Morgan fingerprint density at radius 3 is 2.26 bits per heavy atom. The molecule has 0 amide bonds. The van der Waals surface area contributed by atoms with Crippen LogP contribution in [0, 0.1) is 5.82 Å². The number of rotatable bonds is 6. The minimum absolute atomic E-state index is 0. The summed E-state index contributed by atoms with van der Waals surface area (Å²) in [4.78, 5) is 4.67. The standard InChI is InChI=1S/C23H29FN6.ClH/c1-4-23(2,3)30-22(25-26-27-30)21(19-12-8-9-13-20(19)24)29-16-14-28(15-17-29)18-10-6-5-7-11-18;/h5-13,21H,4,14-17H2,1-3H3;1H. The Morgan fingerprint density at radius 1 is 0.968 bits per heavy atom. The molecular formula is C23H30ClFN6. The molecule has 2 aromatic carbocycles. The van der Waals surface area contributed by atoms with Crippen LogP contribution in [0.25, 0.3) is 0 Å². The third-order valence-corrected chi connectivity index (χ3v) is 6.18. The van der Waals surface area contributed by atoms with Crippen LogP contribution in [0.2, 0.25) is 0 Å². The summed E-state index contributed by atoms with van der Waals surface area (Å²) in [7, 11) is 0. The maximum atomic E-state index is 14.9. The van der Waals surface area contributed by atoms with Gasteiger partial charge >= 0.3 is 0 Å². The van der Waals surface area contributed by atoms with E-state index in [2.05, 4.69) is 70.4 Å². The highest BCUT2D eigenvalue weighted by molar-refractivity contribution is 5.85. The fraction of sp³-hybridized carbons (Fsp3) is 0.435. The van der Waals surface area contributed by atoms with E-state index < -0.39 is 0 Å². The summed E-state index contributed by atoms with van der Waals surface area (Å²) in [6.45, 7) is 9.67. The highest BCUT2D eigenvalue weighted by Crippen LogP contribution is 2.33. The molecule has 0 spiro atoms. The van der Waals surface area contributed by atoms with Gasteiger partial charge in [0, 0.05) is 37.4 Å². The van der Waals surface area contributed by atoms with Gasteiger partial charge in [-0.05, 0) is 48.9 Å². The molecule has 31 heavy (non-hydrogen) atoms. The van der Waals surface area contributed by atoms with E-state index in [4.69, 9.17) is 0 Å². The van der Waals surface area contributed by atoms with Crippen molar-refractivity contribution < 1.29 is 4.39 Å². The Hall–Kier alpha value is -2.51. The van der Waals surface area contributed by atoms with Crippen LogP contribution in [-0.2, 0) is 5.54 Å². The van der Waals surface area contributed by atoms with E-state index in [0.717, 1.165) is 32.6 Å². The fourth-order valence-electron chi connectivity index (χ4n) is 4.02. The number of benzene rings is 2. The van der Waals surface area contributed by atoms with Crippen molar-refractivity contribution in [2.75, 3.05) is 31.1 Å². The molecule has 3 aromatic rings. The highest BCUT2D eigenvalue weighted by Gasteiger charge is 2.35. The van der Waals surface area contributed by atoms with Gasteiger partial charge in [-0.15, -0.1) is 17.5 Å². The smallest absolute Gasteiger partial charge is 0.173 e. The number of nitrogens with zero attached hydrogens (tertiary/aromatic N) is 6. The number of piperazine rings is 1. The Morgan fingerprint density at radius 2 is 1.61 bits per heavy atom. The van der Waals surface area contributed by atoms with Gasteiger partial charge in [-0.25, -0.2) is 9.07 Å². The summed E-state index contributed by atoms with van der Waals surface area (Å²) in [5, 5.41) is 12.6. The van der Waals surface area contributed by atoms with Gasteiger partial charge < -0.3 is 4.90 Å². The molecule has 1 aromatic heterocycles. The lowest BCUT2D eigenvalue weighted by molar-refractivity contribution is 0.184. The fourth-order valence-corrected chi connectivity index (χ4v) is 4.02. The number of tetrazole rings is 1. The number of para-hydroxylation sites is 1. The SMILES string of the molecule is CCC(C)(C)n1nnnc1C(c1ccccc1F)N1CCN(c2ccccc2)CC1.Cl. The van der Waals surface area contributed by atoms with Gasteiger partial charge in [0.1, 0.15) is 11.9 Å². The zero-order chi connectivity index (χ0) is 21.1. The molecule has 0 N–H and O–H groups in total. The second-order valence-corrected chi connectivity index (χ2v) is 8.40. The number of aromatic nitrogens is 4. The topological polar surface area (TPSA) is 50.1 Å². The number of anilines is 1. The Kier molecular flexibility index (Phi) is 7.28. The first kappa shape index (κ1) is 23.2. The van der Waals surface area contributed by atoms with Gasteiger partial charge in [-0.1, -0.05) is 43.3 Å². The van der Waals surface area contributed by atoms with Crippen LogP contribution < -0.4 is 4.90 Å². The van der Waals surface area contributed by atoms with Crippen molar-refractivity contribution in [3.63, 3.8) is 0 Å². The van der Waals surface area contributed by atoms with E-state index in [-0.39, 0.29) is 29.8 Å². The normalized spacial score (nSPS) is 16.1. The molecule has 1 unspecified atom stereocenters. The lowest BCUT2D eigenvalue weighted by atomic mass is 9.98. The zero-order valence-corrected chi connectivity index (χ0v) is 19.1. The van der Waals surface area contributed by atoms with Crippen molar-refractivity contribution >= 4 is 18.1 Å². The molecule has 1 fully saturated rings. The molecule has 1 aliphatic rings. The van der Waals surface area contributed by atoms with Crippen molar-refractivity contribution in [3.05, 3.63) is 71.8 Å². The van der Waals surface area contributed by atoms with Gasteiger partial charge in [0.25, 0.3) is 0 Å². The second kappa shape index (κ2) is 9.75. The monoisotopic (exact) mass is 444 g/mol. The maximum absolute atomic E-state index is 14.9. The average molecular weight is 445 g/mol. The maximum Gasteiger partial charge on any atom is 0.173 e. The highest BCUT2D eigenvalue weighted by atomic mass is 35.5. The molecular weight excluding hydrogens is 415 g/mol. The Labute approximate surface area is 189 Å². The van der Waals surface area contributed by atoms with Crippen LogP contribution in [0.1, 0.15) is 44.6 Å². The summed E-state index contributed by atoms with van der Waals surface area (Å²) >= 11 is 0. The van der Waals surface area contributed by atoms with Crippen molar-refractivity contribution in [1.82, 2.24) is 25.1 Å². The largest absolute Gasteiger partial charge is 0.369 e. The van der Waals surface area contributed by atoms with Crippen molar-refractivity contribution in [3.8, 4) is 0 Å². The molecule has 2 heterocycles. The van der Waals surface area contributed by atoms with Gasteiger partial charge in [0.15, 0.2) is 5.82 Å². The zero-order valence-electron chi connectivity index (χ0n) is 18.3. The van der Waals surface area contributed by atoms with Gasteiger partial charge in [-0.3, -0.25) is 4.90 Å². The quantitative estimate of drug-likeness (QED) is 0.567. The molecule has 1 aliphatic heterocycles. The van der Waals surface area contributed by atoms with E-state index >= 15 is 0 Å². The van der Waals surface area contributed by atoms with Crippen LogP contribution in [0.15, 0.2) is 54.6 Å². The first-order chi connectivity index (χ1) is 14.5. The lowest BCUT2D eigenvalue weighted by Crippen LogP contribution is -2.49. The van der Waals surface area contributed by atoms with E-state index in [1.807, 2.05) is 22.9 Å². The summed E-state index contributed by atoms with van der Waals surface area (Å²) in [5.74, 6) is 0.469. The van der Waals surface area contributed by atoms with E-state index in [9.17, 15) is 4.39 Å². The van der Waals surface area contributed by atoms with Crippen molar-refractivity contribution in [2.45, 2.75) is 38.8 Å². The Bertz CT molecular complexity index is 969. The molecule has 0 bridgehead atoms. The summed E-state index contributed by atoms with van der Waals surface area (Å²) in [6, 6.07) is 17.1. The first-order valence-corrected chi connectivity index (χ1v) is 10.6. The van der Waals surface area contributed by atoms with Crippen LogP contribution in [-0.4, -0.2) is 51.3 Å². The average Bonchev–Trinajstić information content (AvgIpc) is 3.27. The van der Waals surface area contributed by atoms with Crippen LogP contribution >= 0.6 is 12.4 Å². The van der Waals surface area contributed by atoms with Crippen LogP contribution in [0.4, 0.5) is 10.1 Å². The predicted molar refractivity (Wildman–Crippen MR) is 123 cm³/mol. The molecule has 166 valence electrons. The molecule has 0 saturated carbocycles. The van der Waals surface area contributed by atoms with Gasteiger partial charge in [-0.2, -0.15) is 0 Å².